The summed E-state index contributed by atoms with van der Waals surface area (Å²) < 4.78 is 0. The molecule has 3 aliphatic carbocycles. The molecule has 4 bridgehead atoms. The minimum absolute atomic E-state index is 0.594. The molecule has 2 saturated heterocycles. The van der Waals surface area contributed by atoms with Crippen LogP contribution >= 0.6 is 0 Å². The van der Waals surface area contributed by atoms with Gasteiger partial charge >= 0.3 is 0 Å². The number of para-hydroxylation sites is 2. The topological polar surface area (TPSA) is 41.3 Å². The fraction of sp³-hybridized carbons (Fsp3) is 0.750. The van der Waals surface area contributed by atoms with Gasteiger partial charge in [0.1, 0.15) is 0 Å². The smallest absolute Gasteiger partial charge is 0.0576 e. The molecule has 2 aliphatic heterocycles. The molecule has 1 aromatic rings. The number of nitrogens with two attached hydrogens (primary N) is 1. The van der Waals surface area contributed by atoms with Gasteiger partial charge in [-0.3, -0.25) is 4.90 Å². The molecule has 5 fully saturated rings. The lowest BCUT2D eigenvalue weighted by atomic mass is 9.64. The third kappa shape index (κ3) is 2.80. The molecule has 5 aliphatic rings. The highest BCUT2D eigenvalue weighted by Gasteiger charge is 2.53. The van der Waals surface area contributed by atoms with Crippen molar-refractivity contribution in [1.82, 2.24) is 4.90 Å². The summed E-state index contributed by atoms with van der Waals surface area (Å²) >= 11 is 0. The van der Waals surface area contributed by atoms with Crippen molar-refractivity contribution in [3.63, 3.8) is 0 Å². The van der Waals surface area contributed by atoms with Gasteiger partial charge in [0.05, 0.1) is 11.4 Å². The Labute approximate surface area is 164 Å². The Morgan fingerprint density at radius 2 is 1.59 bits per heavy atom. The normalized spacial score (nSPS) is 45.8. The zero-order valence-electron chi connectivity index (χ0n) is 16.5. The largest absolute Gasteiger partial charge is 0.397 e. The van der Waals surface area contributed by atoms with Crippen LogP contribution in [0.4, 0.5) is 11.4 Å². The predicted octanol–water partition coefficient (Wildman–Crippen LogP) is 4.89. The summed E-state index contributed by atoms with van der Waals surface area (Å²) in [6.07, 6.45) is 14.6. The van der Waals surface area contributed by atoms with Crippen LogP contribution in [0.5, 0.6) is 0 Å². The molecule has 0 amide bonds. The first-order chi connectivity index (χ1) is 13.2. The van der Waals surface area contributed by atoms with Gasteiger partial charge < -0.3 is 11.1 Å². The van der Waals surface area contributed by atoms with Gasteiger partial charge in [0.2, 0.25) is 0 Å². The third-order valence-electron chi connectivity index (χ3n) is 9.01. The van der Waals surface area contributed by atoms with Crippen LogP contribution in [0.15, 0.2) is 24.3 Å². The van der Waals surface area contributed by atoms with E-state index in [9.17, 15) is 0 Å². The summed E-state index contributed by atoms with van der Waals surface area (Å²) in [6.45, 7) is 0. The molecule has 146 valence electrons. The van der Waals surface area contributed by atoms with E-state index in [0.29, 0.717) is 6.04 Å². The van der Waals surface area contributed by atoms with Gasteiger partial charge in [-0.2, -0.15) is 0 Å². The second kappa shape index (κ2) is 6.40. The Balaban J connectivity index is 1.19. The number of nitrogens with zero attached hydrogens (tertiary/aromatic N) is 1. The second-order valence-electron chi connectivity index (χ2n) is 10.5. The maximum absolute atomic E-state index is 6.20. The van der Waals surface area contributed by atoms with E-state index in [4.69, 9.17) is 5.73 Å². The molecule has 0 aromatic heterocycles. The molecule has 0 spiro atoms. The fourth-order valence-electron chi connectivity index (χ4n) is 8.01. The van der Waals surface area contributed by atoms with Gasteiger partial charge in [0.15, 0.2) is 0 Å². The number of nitrogen functional groups attached to an aromatic ring is 1. The van der Waals surface area contributed by atoms with Crippen LogP contribution in [0.25, 0.3) is 0 Å². The molecule has 27 heavy (non-hydrogen) atoms. The molecule has 6 rings (SSSR count). The van der Waals surface area contributed by atoms with Gasteiger partial charge in [-0.15, -0.1) is 0 Å². The number of piperidine rings is 2. The van der Waals surface area contributed by atoms with E-state index in [2.05, 4.69) is 22.3 Å². The molecular formula is C24H35N3. The zero-order valence-corrected chi connectivity index (χ0v) is 16.5. The minimum Gasteiger partial charge on any atom is -0.397 e. The summed E-state index contributed by atoms with van der Waals surface area (Å²) in [5.41, 5.74) is 8.23. The molecule has 3 nitrogen and oxygen atoms in total. The third-order valence-corrected chi connectivity index (χ3v) is 9.01. The molecule has 1 unspecified atom stereocenters. The Kier molecular flexibility index (Phi) is 3.96. The van der Waals surface area contributed by atoms with Crippen LogP contribution in [-0.4, -0.2) is 29.1 Å². The van der Waals surface area contributed by atoms with Crippen molar-refractivity contribution in [1.29, 1.82) is 0 Å². The summed E-state index contributed by atoms with van der Waals surface area (Å²) in [5, 5.41) is 3.81. The highest BCUT2D eigenvalue weighted by molar-refractivity contribution is 5.66. The average Bonchev–Trinajstić information content (AvgIpc) is 2.86. The van der Waals surface area contributed by atoms with Gasteiger partial charge in [-0.05, 0) is 93.6 Å². The highest BCUT2D eigenvalue weighted by Crippen LogP contribution is 2.59. The van der Waals surface area contributed by atoms with Crippen LogP contribution in [0.1, 0.15) is 64.2 Å². The van der Waals surface area contributed by atoms with Crippen molar-refractivity contribution < 1.29 is 0 Å². The van der Waals surface area contributed by atoms with Gasteiger partial charge in [0, 0.05) is 24.2 Å². The number of hydrogen-bond donors (Lipinski definition) is 2. The standard InChI is InChI=1S/C24H35N3/c25-23-6-1-2-7-24(23)26-18-13-19-4-3-5-20(14-18)27(19)21-9-15-8-16-11-17(12-21)22(16)10-15/h1-2,6-7,15-22,26H,3-5,8-14,25H2/t15-,16+,17+,18-,19+,20-,21-,22?/m1/s1. The van der Waals surface area contributed by atoms with Crippen molar-refractivity contribution in [3.05, 3.63) is 24.3 Å². The number of anilines is 2. The first kappa shape index (κ1) is 16.7. The fourth-order valence-corrected chi connectivity index (χ4v) is 8.01. The average molecular weight is 366 g/mol. The SMILES string of the molecule is Nc1ccccc1N[C@H]1C[C@H]2CCC[C@@H](C1)N2[C@@H]1C[C@@H]2CC3[C@@H](C2)C[C@H]3C1. The van der Waals surface area contributed by atoms with Crippen molar-refractivity contribution in [2.75, 3.05) is 11.1 Å². The van der Waals surface area contributed by atoms with Gasteiger partial charge in [-0.25, -0.2) is 0 Å². The molecule has 8 atom stereocenters. The monoisotopic (exact) mass is 365 g/mol. The van der Waals surface area contributed by atoms with Gasteiger partial charge in [-0.1, -0.05) is 18.6 Å². The van der Waals surface area contributed by atoms with Crippen molar-refractivity contribution >= 4 is 11.4 Å². The first-order valence-electron chi connectivity index (χ1n) is 11.6. The van der Waals surface area contributed by atoms with E-state index in [0.717, 1.165) is 53.2 Å². The maximum Gasteiger partial charge on any atom is 0.0576 e. The van der Waals surface area contributed by atoms with E-state index in [1.807, 2.05) is 12.1 Å². The lowest BCUT2D eigenvalue weighted by molar-refractivity contribution is -0.0335. The maximum atomic E-state index is 6.20. The van der Waals surface area contributed by atoms with Crippen LogP contribution < -0.4 is 11.1 Å². The van der Waals surface area contributed by atoms with Crippen LogP contribution in [0.2, 0.25) is 0 Å². The molecule has 1 aromatic carbocycles. The number of fused-ring (bicyclic) bond motifs is 3. The molecule has 3 N–H and O–H groups in total. The molecule has 2 heterocycles. The summed E-state index contributed by atoms with van der Waals surface area (Å²) in [7, 11) is 0. The van der Waals surface area contributed by atoms with Crippen molar-refractivity contribution in [2.45, 2.75) is 88.4 Å². The van der Waals surface area contributed by atoms with E-state index in [1.165, 1.54) is 44.9 Å². The molecule has 3 saturated carbocycles. The van der Waals surface area contributed by atoms with Crippen molar-refractivity contribution in [3.8, 4) is 0 Å². The lowest BCUT2D eigenvalue weighted by Crippen LogP contribution is -2.59. The molecule has 0 radical (unpaired) electrons. The summed E-state index contributed by atoms with van der Waals surface area (Å²) in [6, 6.07) is 11.4. The Morgan fingerprint density at radius 3 is 2.41 bits per heavy atom. The zero-order chi connectivity index (χ0) is 18.0. The number of nitrogens with one attached hydrogen (secondary N) is 1. The van der Waals surface area contributed by atoms with Crippen LogP contribution in [-0.2, 0) is 0 Å². The Hall–Kier alpha value is -1.22. The molecule has 3 heteroatoms. The summed E-state index contributed by atoms with van der Waals surface area (Å²) in [5.74, 6) is 4.39. The molecular weight excluding hydrogens is 330 g/mol. The number of rotatable bonds is 3. The Bertz CT molecular complexity index is 685. The predicted molar refractivity (Wildman–Crippen MR) is 112 cm³/mol. The van der Waals surface area contributed by atoms with E-state index >= 15 is 0 Å². The van der Waals surface area contributed by atoms with Crippen LogP contribution in [0.3, 0.4) is 0 Å². The van der Waals surface area contributed by atoms with Crippen LogP contribution in [0, 0.1) is 23.7 Å². The van der Waals surface area contributed by atoms with E-state index in [1.54, 1.807) is 19.3 Å². The van der Waals surface area contributed by atoms with E-state index < -0.39 is 0 Å². The highest BCUT2D eigenvalue weighted by atomic mass is 15.2. The lowest BCUT2D eigenvalue weighted by Gasteiger charge is -2.54. The Morgan fingerprint density at radius 1 is 0.815 bits per heavy atom. The van der Waals surface area contributed by atoms with Crippen molar-refractivity contribution in [2.24, 2.45) is 23.7 Å². The van der Waals surface area contributed by atoms with Gasteiger partial charge in [0.25, 0.3) is 0 Å². The minimum atomic E-state index is 0.594. The van der Waals surface area contributed by atoms with E-state index in [-0.39, 0.29) is 0 Å². The first-order valence-corrected chi connectivity index (χ1v) is 11.6. The number of hydrogen-bond acceptors (Lipinski definition) is 3. The quantitative estimate of drug-likeness (QED) is 0.749. The summed E-state index contributed by atoms with van der Waals surface area (Å²) in [4.78, 5) is 3.06. The number of benzene rings is 1. The second-order valence-corrected chi connectivity index (χ2v) is 10.5.